The van der Waals surface area contributed by atoms with Gasteiger partial charge in [0.05, 0.1) is 17.4 Å². The van der Waals surface area contributed by atoms with E-state index in [9.17, 15) is 0 Å². The first kappa shape index (κ1) is 8.58. The minimum absolute atomic E-state index is 0.798. The monoisotopic (exact) mass is 182 g/mol. The van der Waals surface area contributed by atoms with Crippen molar-refractivity contribution in [2.45, 2.75) is 6.92 Å². The average molecular weight is 182 g/mol. The molecule has 14 heavy (non-hydrogen) atoms. The van der Waals surface area contributed by atoms with Crippen LogP contribution in [0, 0.1) is 19.3 Å². The molecule has 0 N–H and O–H groups in total. The summed E-state index contributed by atoms with van der Waals surface area (Å²) in [6.45, 7) is 2.05. The van der Waals surface area contributed by atoms with Crippen molar-refractivity contribution in [2.24, 2.45) is 0 Å². The lowest BCUT2D eigenvalue weighted by atomic mass is 10.2. The van der Waals surface area contributed by atoms with Crippen LogP contribution in [0.4, 0.5) is 0 Å². The standard InChI is InChI=1S/C12H10N2/c1-3-11-8-13-14(9-11)12-6-4-5-10(2)7-12/h1,4-9H,2H3. The molecule has 68 valence electrons. The summed E-state index contributed by atoms with van der Waals surface area (Å²) in [5, 5.41) is 4.17. The van der Waals surface area contributed by atoms with Crippen LogP contribution in [-0.4, -0.2) is 9.78 Å². The van der Waals surface area contributed by atoms with Crippen LogP contribution in [0.25, 0.3) is 5.69 Å². The molecule has 0 fully saturated rings. The fraction of sp³-hybridized carbons (Fsp3) is 0.0833. The molecule has 0 aliphatic rings. The first-order valence-electron chi connectivity index (χ1n) is 4.38. The number of hydrogen-bond donors (Lipinski definition) is 0. The molecular weight excluding hydrogens is 172 g/mol. The van der Waals surface area contributed by atoms with Gasteiger partial charge in [-0.3, -0.25) is 0 Å². The maximum Gasteiger partial charge on any atom is 0.0651 e. The number of benzene rings is 1. The number of aromatic nitrogens is 2. The highest BCUT2D eigenvalue weighted by molar-refractivity contribution is 5.37. The highest BCUT2D eigenvalue weighted by atomic mass is 15.3. The summed E-state index contributed by atoms with van der Waals surface area (Å²) in [6.07, 6.45) is 8.79. The number of rotatable bonds is 1. The van der Waals surface area contributed by atoms with Crippen LogP contribution in [-0.2, 0) is 0 Å². The van der Waals surface area contributed by atoms with E-state index >= 15 is 0 Å². The van der Waals surface area contributed by atoms with Crippen LogP contribution in [0.3, 0.4) is 0 Å². The molecule has 2 rings (SSSR count). The van der Waals surface area contributed by atoms with Gasteiger partial charge in [0.25, 0.3) is 0 Å². The maximum atomic E-state index is 5.27. The molecule has 2 heteroatoms. The van der Waals surface area contributed by atoms with Gasteiger partial charge in [0.2, 0.25) is 0 Å². The Morgan fingerprint density at radius 1 is 1.43 bits per heavy atom. The number of aryl methyl sites for hydroxylation is 1. The first-order chi connectivity index (χ1) is 6.79. The van der Waals surface area contributed by atoms with E-state index in [1.54, 1.807) is 10.9 Å². The lowest BCUT2D eigenvalue weighted by molar-refractivity contribution is 0.879. The minimum Gasteiger partial charge on any atom is -0.240 e. The van der Waals surface area contributed by atoms with Crippen LogP contribution in [0.1, 0.15) is 11.1 Å². The van der Waals surface area contributed by atoms with Crippen molar-refractivity contribution in [3.63, 3.8) is 0 Å². The molecule has 0 amide bonds. The summed E-state index contributed by atoms with van der Waals surface area (Å²) in [4.78, 5) is 0. The van der Waals surface area contributed by atoms with E-state index in [2.05, 4.69) is 30.1 Å². The van der Waals surface area contributed by atoms with Crippen LogP contribution >= 0.6 is 0 Å². The van der Waals surface area contributed by atoms with Gasteiger partial charge in [-0.15, -0.1) is 6.42 Å². The van der Waals surface area contributed by atoms with Gasteiger partial charge >= 0.3 is 0 Å². The van der Waals surface area contributed by atoms with Crippen LogP contribution in [0.5, 0.6) is 0 Å². The zero-order valence-electron chi connectivity index (χ0n) is 7.94. The van der Waals surface area contributed by atoms with Crippen LogP contribution in [0.15, 0.2) is 36.7 Å². The molecule has 0 aliphatic heterocycles. The molecule has 0 aliphatic carbocycles. The minimum atomic E-state index is 0.798. The number of hydrogen-bond acceptors (Lipinski definition) is 1. The second-order valence-corrected chi connectivity index (χ2v) is 3.16. The predicted molar refractivity (Wildman–Crippen MR) is 56.2 cm³/mol. The third-order valence-corrected chi connectivity index (χ3v) is 2.02. The van der Waals surface area contributed by atoms with Gasteiger partial charge in [0, 0.05) is 6.20 Å². The van der Waals surface area contributed by atoms with Crippen molar-refractivity contribution in [1.82, 2.24) is 9.78 Å². The van der Waals surface area contributed by atoms with Gasteiger partial charge < -0.3 is 0 Å². The quantitative estimate of drug-likeness (QED) is 0.618. The summed E-state index contributed by atoms with van der Waals surface area (Å²) in [5.74, 6) is 2.55. The van der Waals surface area contributed by atoms with Crippen molar-refractivity contribution in [2.75, 3.05) is 0 Å². The Kier molecular flexibility index (Phi) is 2.08. The Bertz CT molecular complexity index is 489. The second-order valence-electron chi connectivity index (χ2n) is 3.16. The SMILES string of the molecule is C#Cc1cnn(-c2cccc(C)c2)c1. The van der Waals surface area contributed by atoms with E-state index in [1.807, 2.05) is 18.3 Å². The van der Waals surface area contributed by atoms with E-state index in [0.717, 1.165) is 11.3 Å². The smallest absolute Gasteiger partial charge is 0.0651 e. The summed E-state index contributed by atoms with van der Waals surface area (Å²) in [6, 6.07) is 8.12. The largest absolute Gasteiger partial charge is 0.240 e. The molecule has 1 aromatic carbocycles. The van der Waals surface area contributed by atoms with E-state index in [4.69, 9.17) is 6.42 Å². The summed E-state index contributed by atoms with van der Waals surface area (Å²) < 4.78 is 1.78. The van der Waals surface area contributed by atoms with Crippen LogP contribution in [0.2, 0.25) is 0 Å². The number of terminal acetylenes is 1. The van der Waals surface area contributed by atoms with Gasteiger partial charge in [-0.2, -0.15) is 5.10 Å². The Morgan fingerprint density at radius 3 is 2.93 bits per heavy atom. The van der Waals surface area contributed by atoms with E-state index in [0.29, 0.717) is 0 Å². The van der Waals surface area contributed by atoms with Crippen molar-refractivity contribution in [1.29, 1.82) is 0 Å². The Balaban J connectivity index is 2.45. The highest BCUT2D eigenvalue weighted by Gasteiger charge is 1.98. The molecule has 0 saturated carbocycles. The molecule has 0 saturated heterocycles. The van der Waals surface area contributed by atoms with Gasteiger partial charge in [-0.1, -0.05) is 18.1 Å². The fourth-order valence-corrected chi connectivity index (χ4v) is 1.31. The highest BCUT2D eigenvalue weighted by Crippen LogP contribution is 2.09. The summed E-state index contributed by atoms with van der Waals surface area (Å²) >= 11 is 0. The lowest BCUT2D eigenvalue weighted by Gasteiger charge is -2.00. The second kappa shape index (κ2) is 3.39. The van der Waals surface area contributed by atoms with Crippen molar-refractivity contribution in [3.05, 3.63) is 47.8 Å². The maximum absolute atomic E-state index is 5.27. The molecular formula is C12H10N2. The van der Waals surface area contributed by atoms with E-state index in [-0.39, 0.29) is 0 Å². The Hall–Kier alpha value is -2.01. The van der Waals surface area contributed by atoms with Gasteiger partial charge in [0.1, 0.15) is 0 Å². The average Bonchev–Trinajstić information content (AvgIpc) is 2.66. The summed E-state index contributed by atoms with van der Waals surface area (Å²) in [7, 11) is 0. The molecule has 0 spiro atoms. The molecule has 2 aromatic rings. The third kappa shape index (κ3) is 1.53. The first-order valence-corrected chi connectivity index (χ1v) is 4.38. The molecule has 2 nitrogen and oxygen atoms in total. The van der Waals surface area contributed by atoms with Gasteiger partial charge in [-0.05, 0) is 24.6 Å². The zero-order valence-corrected chi connectivity index (χ0v) is 7.94. The topological polar surface area (TPSA) is 17.8 Å². The van der Waals surface area contributed by atoms with Crippen LogP contribution < -0.4 is 0 Å². The predicted octanol–water partition coefficient (Wildman–Crippen LogP) is 2.16. The molecule has 1 aromatic heterocycles. The fourth-order valence-electron chi connectivity index (χ4n) is 1.31. The lowest BCUT2D eigenvalue weighted by Crippen LogP contribution is -1.93. The molecule has 0 bridgehead atoms. The van der Waals surface area contributed by atoms with Crippen molar-refractivity contribution < 1.29 is 0 Å². The van der Waals surface area contributed by atoms with Gasteiger partial charge in [-0.25, -0.2) is 4.68 Å². The molecule has 0 unspecified atom stereocenters. The van der Waals surface area contributed by atoms with Gasteiger partial charge in [0.15, 0.2) is 0 Å². The molecule has 0 radical (unpaired) electrons. The Morgan fingerprint density at radius 2 is 2.29 bits per heavy atom. The number of nitrogens with zero attached hydrogens (tertiary/aromatic N) is 2. The molecule has 1 heterocycles. The zero-order chi connectivity index (χ0) is 9.97. The van der Waals surface area contributed by atoms with E-state index < -0.39 is 0 Å². The molecule has 0 atom stereocenters. The Labute approximate surface area is 83.2 Å². The third-order valence-electron chi connectivity index (χ3n) is 2.02. The summed E-state index contributed by atoms with van der Waals surface area (Å²) in [5.41, 5.74) is 3.04. The van der Waals surface area contributed by atoms with Crippen molar-refractivity contribution in [3.8, 4) is 18.0 Å². The normalized spacial score (nSPS) is 9.71. The van der Waals surface area contributed by atoms with E-state index in [1.165, 1.54) is 5.56 Å². The van der Waals surface area contributed by atoms with Crippen molar-refractivity contribution >= 4 is 0 Å².